The van der Waals surface area contributed by atoms with Gasteiger partial charge in [-0.05, 0) is 62.3 Å². The van der Waals surface area contributed by atoms with E-state index in [1.807, 2.05) is 18.2 Å². The van der Waals surface area contributed by atoms with Crippen LogP contribution in [0.1, 0.15) is 39.5 Å². The molecule has 0 saturated carbocycles. The normalized spacial score (nSPS) is 25.0. The van der Waals surface area contributed by atoms with Gasteiger partial charge in [0.25, 0.3) is 0 Å². The van der Waals surface area contributed by atoms with E-state index in [9.17, 15) is 4.79 Å². The van der Waals surface area contributed by atoms with Crippen LogP contribution in [0.25, 0.3) is 10.2 Å². The standard InChI is InChI=1S/C24H36N4O2S/c1-17-12-18(2)15-27(14-17)10-5-9-25-23(29)19-6-4-11-28(16-19)24-26-21-8-7-20(30-3)13-22(21)31-24/h7-8,13,17-19H,4-6,9-12,14-16H2,1-3H3,(H,25,29)/t17-,18+,19-/m0/s1. The molecule has 2 aliphatic rings. The molecule has 6 nitrogen and oxygen atoms in total. The number of benzene rings is 1. The van der Waals surface area contributed by atoms with Gasteiger partial charge in [0.1, 0.15) is 5.75 Å². The summed E-state index contributed by atoms with van der Waals surface area (Å²) in [7, 11) is 1.69. The first-order chi connectivity index (χ1) is 15.0. The quantitative estimate of drug-likeness (QED) is 0.654. The number of fused-ring (bicyclic) bond motifs is 1. The molecule has 170 valence electrons. The number of aromatic nitrogens is 1. The second-order valence-electron chi connectivity index (χ2n) is 9.47. The zero-order valence-electron chi connectivity index (χ0n) is 19.1. The van der Waals surface area contributed by atoms with Crippen molar-refractivity contribution in [1.82, 2.24) is 15.2 Å². The molecule has 4 rings (SSSR count). The molecule has 2 aliphatic heterocycles. The van der Waals surface area contributed by atoms with E-state index in [4.69, 9.17) is 9.72 Å². The average molecular weight is 445 g/mol. The van der Waals surface area contributed by atoms with Crippen LogP contribution in [0.15, 0.2) is 18.2 Å². The van der Waals surface area contributed by atoms with Crippen LogP contribution in [-0.4, -0.2) is 62.2 Å². The highest BCUT2D eigenvalue weighted by atomic mass is 32.1. The predicted molar refractivity (Wildman–Crippen MR) is 128 cm³/mol. The fourth-order valence-electron chi connectivity index (χ4n) is 5.15. The molecule has 2 aromatic rings. The third-order valence-corrected chi connectivity index (χ3v) is 7.62. The van der Waals surface area contributed by atoms with Crippen molar-refractivity contribution in [3.63, 3.8) is 0 Å². The molecule has 7 heteroatoms. The number of nitrogens with zero attached hydrogens (tertiary/aromatic N) is 3. The Morgan fingerprint density at radius 1 is 1.26 bits per heavy atom. The second-order valence-corrected chi connectivity index (χ2v) is 10.5. The number of likely N-dealkylation sites (tertiary alicyclic amines) is 1. The SMILES string of the molecule is COc1ccc2nc(N3CCC[C@H](C(=O)NCCCN4C[C@H](C)C[C@H](C)C4)C3)sc2c1. The fraction of sp³-hybridized carbons (Fsp3) is 0.667. The summed E-state index contributed by atoms with van der Waals surface area (Å²) in [5.74, 6) is 2.68. The number of hydrogen-bond donors (Lipinski definition) is 1. The second kappa shape index (κ2) is 10.2. The van der Waals surface area contributed by atoms with Crippen molar-refractivity contribution in [3.8, 4) is 5.75 Å². The molecule has 0 radical (unpaired) electrons. The molecular formula is C24H36N4O2S. The Hall–Kier alpha value is -1.86. The number of piperidine rings is 2. The van der Waals surface area contributed by atoms with Gasteiger partial charge < -0.3 is 19.9 Å². The highest BCUT2D eigenvalue weighted by molar-refractivity contribution is 7.22. The summed E-state index contributed by atoms with van der Waals surface area (Å²) in [5, 5.41) is 4.21. The minimum Gasteiger partial charge on any atom is -0.497 e. The molecule has 3 atom stereocenters. The van der Waals surface area contributed by atoms with Gasteiger partial charge in [0.2, 0.25) is 5.91 Å². The highest BCUT2D eigenvalue weighted by Crippen LogP contribution is 2.33. The molecule has 1 amide bonds. The lowest BCUT2D eigenvalue weighted by atomic mass is 9.92. The minimum atomic E-state index is 0.0466. The van der Waals surface area contributed by atoms with E-state index >= 15 is 0 Å². The summed E-state index contributed by atoms with van der Waals surface area (Å²) >= 11 is 1.68. The van der Waals surface area contributed by atoms with Crippen molar-refractivity contribution in [1.29, 1.82) is 0 Å². The Kier molecular flexibility index (Phi) is 7.33. The van der Waals surface area contributed by atoms with Crippen LogP contribution in [0.3, 0.4) is 0 Å². The first-order valence-electron chi connectivity index (χ1n) is 11.7. The predicted octanol–water partition coefficient (Wildman–Crippen LogP) is 4.01. The zero-order chi connectivity index (χ0) is 21.8. The maximum absolute atomic E-state index is 12.8. The number of ether oxygens (including phenoxy) is 1. The number of rotatable bonds is 7. The minimum absolute atomic E-state index is 0.0466. The van der Waals surface area contributed by atoms with Crippen LogP contribution < -0.4 is 15.0 Å². The Morgan fingerprint density at radius 2 is 2.06 bits per heavy atom. The van der Waals surface area contributed by atoms with Gasteiger partial charge in [-0.25, -0.2) is 4.98 Å². The van der Waals surface area contributed by atoms with Gasteiger partial charge in [0, 0.05) is 32.7 Å². The number of carbonyl (C=O) groups is 1. The van der Waals surface area contributed by atoms with Crippen molar-refractivity contribution in [2.45, 2.75) is 39.5 Å². The molecule has 0 aliphatic carbocycles. The van der Waals surface area contributed by atoms with Gasteiger partial charge >= 0.3 is 0 Å². The lowest BCUT2D eigenvalue weighted by Gasteiger charge is -2.35. The number of nitrogens with one attached hydrogen (secondary N) is 1. The van der Waals surface area contributed by atoms with E-state index in [0.717, 1.165) is 78.4 Å². The lowest BCUT2D eigenvalue weighted by molar-refractivity contribution is -0.125. The van der Waals surface area contributed by atoms with Gasteiger partial charge in [-0.15, -0.1) is 0 Å². The summed E-state index contributed by atoms with van der Waals surface area (Å²) in [6, 6.07) is 5.99. The summed E-state index contributed by atoms with van der Waals surface area (Å²) in [5.41, 5.74) is 0.994. The largest absolute Gasteiger partial charge is 0.497 e. The zero-order valence-corrected chi connectivity index (χ0v) is 19.9. The lowest BCUT2D eigenvalue weighted by Crippen LogP contribution is -2.44. The van der Waals surface area contributed by atoms with E-state index < -0.39 is 0 Å². The van der Waals surface area contributed by atoms with Crippen molar-refractivity contribution in [2.24, 2.45) is 17.8 Å². The van der Waals surface area contributed by atoms with E-state index in [-0.39, 0.29) is 11.8 Å². The molecule has 3 heterocycles. The van der Waals surface area contributed by atoms with Crippen LogP contribution in [0.4, 0.5) is 5.13 Å². The van der Waals surface area contributed by atoms with Crippen LogP contribution in [0.5, 0.6) is 5.75 Å². The first-order valence-corrected chi connectivity index (χ1v) is 12.5. The van der Waals surface area contributed by atoms with Gasteiger partial charge in [0.05, 0.1) is 23.2 Å². The number of carbonyl (C=O) groups excluding carboxylic acids is 1. The summed E-state index contributed by atoms with van der Waals surface area (Å²) < 4.78 is 6.46. The fourth-order valence-corrected chi connectivity index (χ4v) is 6.18. The van der Waals surface area contributed by atoms with Crippen LogP contribution in [0, 0.1) is 17.8 Å². The van der Waals surface area contributed by atoms with Crippen LogP contribution in [-0.2, 0) is 4.79 Å². The number of anilines is 1. The van der Waals surface area contributed by atoms with Gasteiger partial charge in [-0.3, -0.25) is 4.79 Å². The Labute approximate surface area is 190 Å². The molecule has 31 heavy (non-hydrogen) atoms. The number of amides is 1. The van der Waals surface area contributed by atoms with E-state index in [1.54, 1.807) is 18.4 Å². The van der Waals surface area contributed by atoms with Gasteiger partial charge in [-0.2, -0.15) is 0 Å². The molecule has 1 N–H and O–H groups in total. The maximum atomic E-state index is 12.8. The van der Waals surface area contributed by atoms with E-state index in [1.165, 1.54) is 19.5 Å². The molecule has 1 aromatic heterocycles. The molecule has 0 spiro atoms. The van der Waals surface area contributed by atoms with E-state index in [2.05, 4.69) is 29.0 Å². The highest BCUT2D eigenvalue weighted by Gasteiger charge is 2.27. The maximum Gasteiger partial charge on any atom is 0.224 e. The van der Waals surface area contributed by atoms with Crippen molar-refractivity contribution >= 4 is 32.6 Å². The molecular weight excluding hydrogens is 408 g/mol. The number of hydrogen-bond acceptors (Lipinski definition) is 6. The summed E-state index contributed by atoms with van der Waals surface area (Å²) in [4.78, 5) is 22.4. The Morgan fingerprint density at radius 3 is 2.84 bits per heavy atom. The van der Waals surface area contributed by atoms with Crippen LogP contribution >= 0.6 is 11.3 Å². The molecule has 1 aromatic carbocycles. The smallest absolute Gasteiger partial charge is 0.224 e. The molecule has 2 saturated heterocycles. The van der Waals surface area contributed by atoms with Crippen molar-refractivity contribution < 1.29 is 9.53 Å². The third kappa shape index (κ3) is 5.69. The number of methoxy groups -OCH3 is 1. The molecule has 0 unspecified atom stereocenters. The molecule has 0 bridgehead atoms. The van der Waals surface area contributed by atoms with Gasteiger partial charge in [0.15, 0.2) is 5.13 Å². The van der Waals surface area contributed by atoms with E-state index in [0.29, 0.717) is 0 Å². The molecule has 2 fully saturated rings. The Balaban J connectivity index is 1.26. The topological polar surface area (TPSA) is 57.7 Å². The summed E-state index contributed by atoms with van der Waals surface area (Å²) in [6.45, 7) is 10.7. The van der Waals surface area contributed by atoms with Crippen molar-refractivity contribution in [2.75, 3.05) is 51.3 Å². The number of thiazole rings is 1. The monoisotopic (exact) mass is 444 g/mol. The van der Waals surface area contributed by atoms with Crippen LogP contribution in [0.2, 0.25) is 0 Å². The third-order valence-electron chi connectivity index (χ3n) is 6.54. The van der Waals surface area contributed by atoms with Gasteiger partial charge in [-0.1, -0.05) is 25.2 Å². The summed E-state index contributed by atoms with van der Waals surface area (Å²) in [6.07, 6.45) is 4.36. The Bertz CT molecular complexity index is 876. The van der Waals surface area contributed by atoms with Crippen molar-refractivity contribution in [3.05, 3.63) is 18.2 Å². The average Bonchev–Trinajstić information content (AvgIpc) is 3.19. The first kappa shape index (κ1) is 22.3.